The van der Waals surface area contributed by atoms with Gasteiger partial charge in [0.2, 0.25) is 5.91 Å². The van der Waals surface area contributed by atoms with Crippen LogP contribution in [-0.2, 0) is 11.2 Å². The molecule has 167 valence electrons. The second kappa shape index (κ2) is 10.1. The van der Waals surface area contributed by atoms with Gasteiger partial charge in [-0.1, -0.05) is 19.4 Å². The third kappa shape index (κ3) is 4.78. The van der Waals surface area contributed by atoms with E-state index >= 15 is 0 Å². The number of ether oxygens (including phenoxy) is 1. The van der Waals surface area contributed by atoms with Crippen molar-refractivity contribution in [1.29, 1.82) is 0 Å². The van der Waals surface area contributed by atoms with Crippen molar-refractivity contribution in [2.24, 2.45) is 0 Å². The average molecular weight is 442 g/mol. The Morgan fingerprint density at radius 2 is 2.19 bits per heavy atom. The molecule has 0 bridgehead atoms. The molecule has 0 unspecified atom stereocenters. The molecule has 2 aliphatic rings. The van der Waals surface area contributed by atoms with E-state index in [-0.39, 0.29) is 5.91 Å². The van der Waals surface area contributed by atoms with Crippen molar-refractivity contribution >= 4 is 22.4 Å². The standard InChI is InChI=1S/C24H33N4O2S/c1-3-4-7-18-8-9-21(30-2)19(16-18)20-17-31-23(26-20)27-22(29)24(10-12-25-13-11-24)28-14-5-6-15-28/h5,8-9,16-17,25H,3-4,6-7,10-15H2,1-2H3,(H,26,27,29). The fraction of sp³-hybridized carbons (Fsp3) is 0.542. The Bertz CT molecular complexity index is 885. The Hall–Kier alpha value is -1.96. The van der Waals surface area contributed by atoms with Crippen LogP contribution >= 0.6 is 11.3 Å². The molecular formula is C24H33N4O2S. The van der Waals surface area contributed by atoms with Gasteiger partial charge in [0.1, 0.15) is 11.3 Å². The molecule has 1 aromatic carbocycles. The zero-order chi connectivity index (χ0) is 21.7. The van der Waals surface area contributed by atoms with Crippen molar-refractivity contribution in [2.45, 2.75) is 51.0 Å². The van der Waals surface area contributed by atoms with Gasteiger partial charge < -0.3 is 15.4 Å². The van der Waals surface area contributed by atoms with Crippen LogP contribution in [0.3, 0.4) is 0 Å². The Kier molecular flexibility index (Phi) is 7.25. The maximum Gasteiger partial charge on any atom is 0.246 e. The third-order valence-corrected chi connectivity index (χ3v) is 7.25. The Morgan fingerprint density at radius 3 is 2.90 bits per heavy atom. The lowest BCUT2D eigenvalue weighted by molar-refractivity contribution is -0.129. The molecule has 0 saturated carbocycles. The molecule has 1 radical (unpaired) electrons. The number of aryl methyl sites for hydroxylation is 1. The highest BCUT2D eigenvalue weighted by Crippen LogP contribution is 2.35. The largest absolute Gasteiger partial charge is 0.496 e. The summed E-state index contributed by atoms with van der Waals surface area (Å²) in [7, 11) is 1.69. The predicted octanol–water partition coefficient (Wildman–Crippen LogP) is 4.13. The fourth-order valence-electron chi connectivity index (χ4n) is 4.66. The van der Waals surface area contributed by atoms with Crippen LogP contribution in [0, 0.1) is 6.42 Å². The van der Waals surface area contributed by atoms with E-state index in [2.05, 4.69) is 41.0 Å². The van der Waals surface area contributed by atoms with Gasteiger partial charge in [0.15, 0.2) is 5.13 Å². The van der Waals surface area contributed by atoms with Gasteiger partial charge in [-0.2, -0.15) is 0 Å². The first-order valence-electron chi connectivity index (χ1n) is 11.4. The van der Waals surface area contributed by atoms with Crippen LogP contribution in [0.4, 0.5) is 5.13 Å². The van der Waals surface area contributed by atoms with Gasteiger partial charge in [-0.3, -0.25) is 9.69 Å². The minimum absolute atomic E-state index is 0.0776. The van der Waals surface area contributed by atoms with E-state index in [4.69, 9.17) is 9.72 Å². The molecule has 2 aliphatic heterocycles. The van der Waals surface area contributed by atoms with Crippen molar-refractivity contribution in [3.63, 3.8) is 0 Å². The first kappa shape index (κ1) is 22.2. The number of thiazole rings is 1. The number of amides is 1. The zero-order valence-corrected chi connectivity index (χ0v) is 19.4. The van der Waals surface area contributed by atoms with Gasteiger partial charge in [-0.25, -0.2) is 4.98 Å². The summed E-state index contributed by atoms with van der Waals surface area (Å²) in [5, 5.41) is 9.21. The highest BCUT2D eigenvalue weighted by atomic mass is 32.1. The van der Waals surface area contributed by atoms with E-state index in [1.165, 1.54) is 23.3 Å². The summed E-state index contributed by atoms with van der Waals surface area (Å²) in [5.41, 5.74) is 2.68. The summed E-state index contributed by atoms with van der Waals surface area (Å²) >= 11 is 1.48. The lowest BCUT2D eigenvalue weighted by atomic mass is 9.85. The second-order valence-electron chi connectivity index (χ2n) is 8.44. The van der Waals surface area contributed by atoms with Crippen molar-refractivity contribution in [3.8, 4) is 17.0 Å². The van der Waals surface area contributed by atoms with Crippen LogP contribution < -0.4 is 15.4 Å². The maximum absolute atomic E-state index is 13.5. The van der Waals surface area contributed by atoms with E-state index in [9.17, 15) is 4.79 Å². The SMILES string of the molecule is CCCCc1ccc(OC)c(-c2csc(NC(=O)C3(N4C[CH]CC4)CCNCC3)n2)c1. The molecule has 2 N–H and O–H groups in total. The number of likely N-dealkylation sites (tertiary alicyclic amines) is 1. The normalized spacial score (nSPS) is 18.8. The maximum atomic E-state index is 13.5. The summed E-state index contributed by atoms with van der Waals surface area (Å²) in [6, 6.07) is 6.32. The Balaban J connectivity index is 1.54. The molecule has 0 atom stereocenters. The average Bonchev–Trinajstić information content (AvgIpc) is 3.51. The first-order chi connectivity index (χ1) is 15.2. The lowest BCUT2D eigenvalue weighted by Gasteiger charge is -2.43. The molecule has 31 heavy (non-hydrogen) atoms. The molecule has 1 aromatic heterocycles. The van der Waals surface area contributed by atoms with Gasteiger partial charge in [-0.05, 0) is 75.9 Å². The topological polar surface area (TPSA) is 66.5 Å². The molecule has 2 aromatic rings. The van der Waals surface area contributed by atoms with Crippen molar-refractivity contribution in [2.75, 3.05) is 38.6 Å². The van der Waals surface area contributed by atoms with Crippen LogP contribution in [0.1, 0.15) is 44.6 Å². The summed E-state index contributed by atoms with van der Waals surface area (Å²) in [5.74, 6) is 0.889. The third-order valence-electron chi connectivity index (χ3n) is 6.49. The van der Waals surface area contributed by atoms with Crippen LogP contribution in [0.25, 0.3) is 11.3 Å². The van der Waals surface area contributed by atoms with Crippen molar-refractivity contribution in [1.82, 2.24) is 15.2 Å². The number of rotatable bonds is 8. The monoisotopic (exact) mass is 441 g/mol. The number of anilines is 1. The molecule has 4 rings (SSSR count). The number of carbonyl (C=O) groups excluding carboxylic acids is 1. The Labute approximate surface area is 189 Å². The van der Waals surface area contributed by atoms with Crippen LogP contribution in [0.15, 0.2) is 23.6 Å². The number of hydrogen-bond acceptors (Lipinski definition) is 6. The molecule has 1 amide bonds. The quantitative estimate of drug-likeness (QED) is 0.645. The molecule has 3 heterocycles. The smallest absolute Gasteiger partial charge is 0.246 e. The minimum Gasteiger partial charge on any atom is -0.496 e. The summed E-state index contributed by atoms with van der Waals surface area (Å²) < 4.78 is 5.59. The van der Waals surface area contributed by atoms with E-state index in [0.29, 0.717) is 5.13 Å². The van der Waals surface area contributed by atoms with Gasteiger partial charge >= 0.3 is 0 Å². The number of hydrogen-bond donors (Lipinski definition) is 2. The second-order valence-corrected chi connectivity index (χ2v) is 9.29. The molecule has 2 fully saturated rings. The zero-order valence-electron chi connectivity index (χ0n) is 18.6. The van der Waals surface area contributed by atoms with Gasteiger partial charge in [-0.15, -0.1) is 11.3 Å². The number of methoxy groups -OCH3 is 1. The van der Waals surface area contributed by atoms with E-state index in [1.54, 1.807) is 7.11 Å². The van der Waals surface area contributed by atoms with Crippen LogP contribution in [0.2, 0.25) is 0 Å². The van der Waals surface area contributed by atoms with Gasteiger partial charge in [0, 0.05) is 17.5 Å². The lowest BCUT2D eigenvalue weighted by Crippen LogP contribution is -2.60. The van der Waals surface area contributed by atoms with E-state index < -0.39 is 5.54 Å². The highest BCUT2D eigenvalue weighted by molar-refractivity contribution is 7.14. The molecule has 0 aliphatic carbocycles. The van der Waals surface area contributed by atoms with Crippen molar-refractivity contribution < 1.29 is 9.53 Å². The molecule has 0 spiro atoms. The van der Waals surface area contributed by atoms with Crippen LogP contribution in [0.5, 0.6) is 5.75 Å². The number of unbranched alkanes of at least 4 members (excludes halogenated alkanes) is 1. The number of aromatic nitrogens is 1. The number of nitrogens with zero attached hydrogens (tertiary/aromatic N) is 2. The van der Waals surface area contributed by atoms with E-state index in [0.717, 1.165) is 75.3 Å². The van der Waals surface area contributed by atoms with Crippen molar-refractivity contribution in [3.05, 3.63) is 35.6 Å². The molecule has 6 nitrogen and oxygen atoms in total. The molecule has 2 saturated heterocycles. The van der Waals surface area contributed by atoms with Gasteiger partial charge in [0.25, 0.3) is 0 Å². The minimum atomic E-state index is -0.443. The number of piperidine rings is 1. The fourth-order valence-corrected chi connectivity index (χ4v) is 5.37. The predicted molar refractivity (Wildman–Crippen MR) is 127 cm³/mol. The van der Waals surface area contributed by atoms with Gasteiger partial charge in [0.05, 0.1) is 12.8 Å². The highest BCUT2D eigenvalue weighted by Gasteiger charge is 2.45. The number of benzene rings is 1. The molecular weight excluding hydrogens is 408 g/mol. The van der Waals surface area contributed by atoms with Crippen LogP contribution in [-0.4, -0.2) is 54.6 Å². The molecule has 7 heteroatoms. The van der Waals surface area contributed by atoms with E-state index in [1.807, 2.05) is 11.4 Å². The number of nitrogens with one attached hydrogen (secondary N) is 2. The summed E-state index contributed by atoms with van der Waals surface area (Å²) in [6.07, 6.45) is 8.37. The first-order valence-corrected chi connectivity index (χ1v) is 12.3. The summed E-state index contributed by atoms with van der Waals surface area (Å²) in [4.78, 5) is 20.6. The Morgan fingerprint density at radius 1 is 1.35 bits per heavy atom. The summed E-state index contributed by atoms with van der Waals surface area (Å²) in [6.45, 7) is 5.79. The number of carbonyl (C=O) groups is 1.